The van der Waals surface area contributed by atoms with E-state index in [2.05, 4.69) is 5.32 Å². The van der Waals surface area contributed by atoms with E-state index in [1.54, 1.807) is 0 Å². The highest BCUT2D eigenvalue weighted by atomic mass is 16.4. The Labute approximate surface area is 57.9 Å². The third-order valence-electron chi connectivity index (χ3n) is 1.66. The lowest BCUT2D eigenvalue weighted by Crippen LogP contribution is -2.52. The van der Waals surface area contributed by atoms with Crippen LogP contribution in [-0.2, 0) is 0 Å². The molecule has 1 saturated heterocycles. The van der Waals surface area contributed by atoms with Gasteiger partial charge in [0.2, 0.25) is 0 Å². The molecule has 0 aromatic carbocycles. The molecule has 5 heteroatoms. The van der Waals surface area contributed by atoms with Crippen LogP contribution < -0.4 is 5.32 Å². The number of nitrogens with one attached hydrogen (secondary N) is 1. The van der Waals surface area contributed by atoms with Crippen molar-refractivity contribution in [2.75, 3.05) is 6.61 Å². The zero-order valence-corrected chi connectivity index (χ0v) is 5.36. The van der Waals surface area contributed by atoms with Crippen LogP contribution in [0.3, 0.4) is 0 Å². The molecule has 1 fully saturated rings. The molecule has 10 heavy (non-hydrogen) atoms. The summed E-state index contributed by atoms with van der Waals surface area (Å²) < 4.78 is 0. The first-order chi connectivity index (χ1) is 4.58. The van der Waals surface area contributed by atoms with E-state index in [-0.39, 0.29) is 6.42 Å². The van der Waals surface area contributed by atoms with Crippen LogP contribution in [0.15, 0.2) is 0 Å². The molecule has 1 rings (SSSR count). The van der Waals surface area contributed by atoms with Gasteiger partial charge in [-0.3, -0.25) is 5.32 Å². The summed E-state index contributed by atoms with van der Waals surface area (Å²) in [6.45, 7) is -0.606. The monoisotopic (exact) mass is 149 g/mol. The van der Waals surface area contributed by atoms with Crippen LogP contribution >= 0.6 is 0 Å². The molecular formula is C5H11NO4. The van der Waals surface area contributed by atoms with Gasteiger partial charge >= 0.3 is 0 Å². The van der Waals surface area contributed by atoms with Crippen LogP contribution in [-0.4, -0.2) is 45.1 Å². The van der Waals surface area contributed by atoms with Crippen LogP contribution in [0.4, 0.5) is 0 Å². The summed E-state index contributed by atoms with van der Waals surface area (Å²) in [7, 11) is 0. The normalized spacial score (nSPS) is 48.0. The van der Waals surface area contributed by atoms with Crippen molar-refractivity contribution in [3.8, 4) is 0 Å². The molecule has 0 aromatic rings. The third kappa shape index (κ3) is 1.14. The molecule has 1 aliphatic heterocycles. The van der Waals surface area contributed by atoms with Crippen molar-refractivity contribution in [1.82, 2.24) is 5.32 Å². The summed E-state index contributed by atoms with van der Waals surface area (Å²) in [6, 6.07) is 0. The van der Waals surface area contributed by atoms with Gasteiger partial charge in [0.1, 0.15) is 12.3 Å². The molecular weight excluding hydrogens is 138 g/mol. The Morgan fingerprint density at radius 1 is 1.50 bits per heavy atom. The van der Waals surface area contributed by atoms with E-state index in [1.165, 1.54) is 0 Å². The summed E-state index contributed by atoms with van der Waals surface area (Å²) in [5, 5.41) is 37.7. The predicted octanol–water partition coefficient (Wildman–Crippen LogP) is -2.66. The SMILES string of the molecule is OC[C@]1(O)NC(O)C[C@@H]1O. The minimum atomic E-state index is -1.72. The number of hydrogen-bond acceptors (Lipinski definition) is 5. The average molecular weight is 149 g/mol. The minimum Gasteiger partial charge on any atom is -0.392 e. The summed E-state index contributed by atoms with van der Waals surface area (Å²) in [6.07, 6.45) is -2.00. The maximum atomic E-state index is 9.17. The second-order valence-corrected chi connectivity index (χ2v) is 2.49. The molecule has 0 spiro atoms. The average Bonchev–Trinajstić information content (AvgIpc) is 2.09. The Hall–Kier alpha value is -0.200. The molecule has 0 amide bonds. The quantitative estimate of drug-likeness (QED) is 0.280. The molecule has 5 N–H and O–H groups in total. The Bertz CT molecular complexity index is 131. The lowest BCUT2D eigenvalue weighted by Gasteiger charge is -2.23. The van der Waals surface area contributed by atoms with E-state index in [1.807, 2.05) is 0 Å². The zero-order chi connectivity index (χ0) is 7.78. The van der Waals surface area contributed by atoms with Crippen LogP contribution in [0.5, 0.6) is 0 Å². The molecule has 0 aliphatic carbocycles. The summed E-state index contributed by atoms with van der Waals surface area (Å²) in [4.78, 5) is 0. The van der Waals surface area contributed by atoms with Crippen LogP contribution in [0.1, 0.15) is 6.42 Å². The topological polar surface area (TPSA) is 93.0 Å². The second kappa shape index (κ2) is 2.44. The van der Waals surface area contributed by atoms with Crippen LogP contribution in [0, 0.1) is 0 Å². The number of aliphatic hydroxyl groups excluding tert-OH is 3. The second-order valence-electron chi connectivity index (χ2n) is 2.49. The highest BCUT2D eigenvalue weighted by Crippen LogP contribution is 2.19. The van der Waals surface area contributed by atoms with Gasteiger partial charge in [0.05, 0.1) is 6.61 Å². The molecule has 3 atom stereocenters. The fourth-order valence-electron chi connectivity index (χ4n) is 1.00. The first-order valence-corrected chi connectivity index (χ1v) is 3.05. The standard InChI is InChI=1S/C5H11NO4/c7-2-5(10)3(8)1-4(9)6-5/h3-4,6-10H,1-2H2/t3-,4?,5+/m0/s1. The Morgan fingerprint density at radius 2 is 2.10 bits per heavy atom. The lowest BCUT2D eigenvalue weighted by atomic mass is 10.1. The molecule has 1 heterocycles. The lowest BCUT2D eigenvalue weighted by molar-refractivity contribution is -0.104. The van der Waals surface area contributed by atoms with Crippen LogP contribution in [0.25, 0.3) is 0 Å². The molecule has 60 valence electrons. The van der Waals surface area contributed by atoms with Crippen molar-refractivity contribution in [1.29, 1.82) is 0 Å². The predicted molar refractivity (Wildman–Crippen MR) is 31.8 cm³/mol. The van der Waals surface area contributed by atoms with Crippen molar-refractivity contribution < 1.29 is 20.4 Å². The van der Waals surface area contributed by atoms with Crippen molar-refractivity contribution in [2.45, 2.75) is 24.5 Å². The maximum Gasteiger partial charge on any atom is 0.167 e. The highest BCUT2D eigenvalue weighted by Gasteiger charge is 2.43. The molecule has 0 aromatic heterocycles. The minimum absolute atomic E-state index is 0.0388. The van der Waals surface area contributed by atoms with Crippen molar-refractivity contribution in [2.24, 2.45) is 0 Å². The van der Waals surface area contributed by atoms with E-state index in [9.17, 15) is 0 Å². The van der Waals surface area contributed by atoms with Gasteiger partial charge in [0.15, 0.2) is 5.72 Å². The zero-order valence-electron chi connectivity index (χ0n) is 5.36. The smallest absolute Gasteiger partial charge is 0.167 e. The Balaban J connectivity index is 2.61. The summed E-state index contributed by atoms with van der Waals surface area (Å²) in [5.41, 5.74) is -1.72. The fourth-order valence-corrected chi connectivity index (χ4v) is 1.00. The van der Waals surface area contributed by atoms with Gasteiger partial charge in [-0.05, 0) is 0 Å². The molecule has 1 aliphatic rings. The van der Waals surface area contributed by atoms with Gasteiger partial charge in [-0.25, -0.2) is 0 Å². The number of rotatable bonds is 1. The van der Waals surface area contributed by atoms with Gasteiger partial charge in [-0.15, -0.1) is 0 Å². The van der Waals surface area contributed by atoms with E-state index in [4.69, 9.17) is 20.4 Å². The van der Waals surface area contributed by atoms with Gasteiger partial charge in [-0.1, -0.05) is 0 Å². The third-order valence-corrected chi connectivity index (χ3v) is 1.66. The molecule has 5 nitrogen and oxygen atoms in total. The molecule has 0 saturated carbocycles. The van der Waals surface area contributed by atoms with Crippen molar-refractivity contribution in [3.63, 3.8) is 0 Å². The largest absolute Gasteiger partial charge is 0.392 e. The fraction of sp³-hybridized carbons (Fsp3) is 1.00. The van der Waals surface area contributed by atoms with E-state index < -0.39 is 24.7 Å². The first kappa shape index (κ1) is 7.90. The van der Waals surface area contributed by atoms with Crippen molar-refractivity contribution in [3.05, 3.63) is 0 Å². The van der Waals surface area contributed by atoms with Gasteiger partial charge in [-0.2, -0.15) is 0 Å². The van der Waals surface area contributed by atoms with Gasteiger partial charge in [0.25, 0.3) is 0 Å². The summed E-state index contributed by atoms with van der Waals surface area (Å²) >= 11 is 0. The molecule has 0 bridgehead atoms. The Kier molecular flexibility index (Phi) is 1.93. The van der Waals surface area contributed by atoms with E-state index in [0.29, 0.717) is 0 Å². The number of hydrogen-bond donors (Lipinski definition) is 5. The molecule has 0 radical (unpaired) electrons. The Morgan fingerprint density at radius 3 is 2.30 bits per heavy atom. The molecule has 1 unspecified atom stereocenters. The number of aliphatic hydroxyl groups is 4. The van der Waals surface area contributed by atoms with E-state index in [0.717, 1.165) is 0 Å². The van der Waals surface area contributed by atoms with E-state index >= 15 is 0 Å². The van der Waals surface area contributed by atoms with Crippen molar-refractivity contribution >= 4 is 0 Å². The van der Waals surface area contributed by atoms with Crippen LogP contribution in [0.2, 0.25) is 0 Å². The maximum absolute atomic E-state index is 9.17. The van der Waals surface area contributed by atoms with Gasteiger partial charge < -0.3 is 20.4 Å². The summed E-state index contributed by atoms with van der Waals surface area (Å²) in [5.74, 6) is 0. The first-order valence-electron chi connectivity index (χ1n) is 3.05. The van der Waals surface area contributed by atoms with Gasteiger partial charge in [0, 0.05) is 6.42 Å². The highest BCUT2D eigenvalue weighted by molar-refractivity contribution is 4.92.